The van der Waals surface area contributed by atoms with Gasteiger partial charge in [-0.1, -0.05) is 6.08 Å². The fourth-order valence-electron chi connectivity index (χ4n) is 3.13. The Bertz CT molecular complexity index is 552. The van der Waals surface area contributed by atoms with Gasteiger partial charge in [0.15, 0.2) is 0 Å². The Morgan fingerprint density at radius 1 is 1.48 bits per heavy atom. The highest BCUT2D eigenvalue weighted by atomic mass is 16.5. The van der Waals surface area contributed by atoms with Crippen molar-refractivity contribution in [1.82, 2.24) is 20.0 Å². The monoisotopic (exact) mass is 290 g/mol. The van der Waals surface area contributed by atoms with Crippen molar-refractivity contribution in [2.24, 2.45) is 7.05 Å². The minimum atomic E-state index is 0.0371. The van der Waals surface area contributed by atoms with E-state index in [2.05, 4.69) is 16.5 Å². The lowest BCUT2D eigenvalue weighted by Gasteiger charge is -2.26. The molecule has 1 saturated heterocycles. The lowest BCUT2D eigenvalue weighted by molar-refractivity contribution is -0.127. The highest BCUT2D eigenvalue weighted by molar-refractivity contribution is 5.80. The molecule has 2 aliphatic heterocycles. The first-order valence-electron chi connectivity index (χ1n) is 7.39. The molecule has 1 aromatic heterocycles. The van der Waals surface area contributed by atoms with Gasteiger partial charge in [0, 0.05) is 39.3 Å². The smallest absolute Gasteiger partial charge is 0.224 e. The van der Waals surface area contributed by atoms with E-state index in [0.29, 0.717) is 13.0 Å². The number of hydrogen-bond donors (Lipinski definition) is 1. The van der Waals surface area contributed by atoms with Crippen LogP contribution in [-0.4, -0.2) is 53.4 Å². The molecular weight excluding hydrogens is 268 g/mol. The molecule has 0 unspecified atom stereocenters. The number of aromatic nitrogens is 2. The van der Waals surface area contributed by atoms with Crippen molar-refractivity contribution < 1.29 is 9.53 Å². The van der Waals surface area contributed by atoms with Crippen molar-refractivity contribution in [1.29, 1.82) is 0 Å². The molecule has 0 spiro atoms. The van der Waals surface area contributed by atoms with Gasteiger partial charge in [0.2, 0.25) is 5.91 Å². The molecular formula is C15H22N4O2. The van der Waals surface area contributed by atoms with Crippen molar-refractivity contribution in [3.05, 3.63) is 29.6 Å². The van der Waals surface area contributed by atoms with Crippen molar-refractivity contribution in [2.75, 3.05) is 26.8 Å². The van der Waals surface area contributed by atoms with Crippen molar-refractivity contribution >= 4 is 5.91 Å². The van der Waals surface area contributed by atoms with Gasteiger partial charge >= 0.3 is 0 Å². The number of rotatable bonds is 4. The van der Waals surface area contributed by atoms with E-state index in [1.165, 1.54) is 5.57 Å². The van der Waals surface area contributed by atoms with Crippen LogP contribution in [0.2, 0.25) is 0 Å². The van der Waals surface area contributed by atoms with Gasteiger partial charge in [-0.05, 0) is 18.1 Å². The Morgan fingerprint density at radius 2 is 2.33 bits per heavy atom. The summed E-state index contributed by atoms with van der Waals surface area (Å²) in [6.45, 7) is 2.28. The number of nitrogens with zero attached hydrogens (tertiary/aromatic N) is 3. The van der Waals surface area contributed by atoms with Gasteiger partial charge in [0.05, 0.1) is 24.9 Å². The van der Waals surface area contributed by atoms with Gasteiger partial charge in [0.1, 0.15) is 0 Å². The third-order valence-electron chi connectivity index (χ3n) is 4.32. The summed E-state index contributed by atoms with van der Waals surface area (Å²) in [4.78, 5) is 13.9. The number of carbonyl (C=O) groups excluding carboxylic acids is 1. The molecule has 2 atom stereocenters. The molecule has 114 valence electrons. The Kier molecular flexibility index (Phi) is 4.07. The topological polar surface area (TPSA) is 59.4 Å². The van der Waals surface area contributed by atoms with E-state index >= 15 is 0 Å². The molecule has 3 rings (SSSR count). The van der Waals surface area contributed by atoms with E-state index in [1.54, 1.807) is 6.20 Å². The lowest BCUT2D eigenvalue weighted by atomic mass is 10.0. The van der Waals surface area contributed by atoms with Crippen molar-refractivity contribution in [3.8, 4) is 0 Å². The number of nitrogens with one attached hydrogen (secondary N) is 1. The van der Waals surface area contributed by atoms with Crippen LogP contribution < -0.4 is 5.32 Å². The molecule has 0 saturated carbocycles. The maximum absolute atomic E-state index is 12.1. The minimum Gasteiger partial charge on any atom is -0.377 e. The second-order valence-electron chi connectivity index (χ2n) is 5.72. The highest BCUT2D eigenvalue weighted by Gasteiger charge is 2.39. The quantitative estimate of drug-likeness (QED) is 0.826. The molecule has 1 N–H and O–H groups in total. The van der Waals surface area contributed by atoms with Gasteiger partial charge in [-0.3, -0.25) is 9.48 Å². The maximum atomic E-state index is 12.1. The first-order chi connectivity index (χ1) is 10.2. The Hall–Kier alpha value is -1.66. The Labute approximate surface area is 124 Å². The van der Waals surface area contributed by atoms with Crippen molar-refractivity contribution in [3.63, 3.8) is 0 Å². The number of carbonyl (C=O) groups is 1. The lowest BCUT2D eigenvalue weighted by Crippen LogP contribution is -2.37. The SMILES string of the molecule is CN1C(=O)C[C@@H](NCC2=CCCOC2)[C@@H]1c1ccnn1C. The van der Waals surface area contributed by atoms with Gasteiger partial charge in [-0.2, -0.15) is 5.10 Å². The van der Waals surface area contributed by atoms with Crippen molar-refractivity contribution in [2.45, 2.75) is 24.9 Å². The van der Waals surface area contributed by atoms with Crippen LogP contribution in [0.3, 0.4) is 0 Å². The van der Waals surface area contributed by atoms with Crippen LogP contribution in [0.25, 0.3) is 0 Å². The van der Waals surface area contributed by atoms with E-state index in [9.17, 15) is 4.79 Å². The highest BCUT2D eigenvalue weighted by Crippen LogP contribution is 2.31. The van der Waals surface area contributed by atoms with Crippen LogP contribution in [0.5, 0.6) is 0 Å². The second-order valence-corrected chi connectivity index (χ2v) is 5.72. The van der Waals surface area contributed by atoms with E-state index in [4.69, 9.17) is 4.74 Å². The summed E-state index contributed by atoms with van der Waals surface area (Å²) >= 11 is 0. The summed E-state index contributed by atoms with van der Waals surface area (Å²) in [5, 5.41) is 7.75. The standard InChI is InChI=1S/C15H22N4O2/c1-18-14(20)8-12(15(18)13-5-6-17-19(13)2)16-9-11-4-3-7-21-10-11/h4-6,12,15-16H,3,7-10H2,1-2H3/t12-,15-/m1/s1. The summed E-state index contributed by atoms with van der Waals surface area (Å²) in [6.07, 6.45) is 5.52. The molecule has 1 fully saturated rings. The molecule has 2 aliphatic rings. The largest absolute Gasteiger partial charge is 0.377 e. The van der Waals surface area contributed by atoms with Gasteiger partial charge in [-0.25, -0.2) is 0 Å². The minimum absolute atomic E-state index is 0.0371. The number of hydrogen-bond acceptors (Lipinski definition) is 4. The summed E-state index contributed by atoms with van der Waals surface area (Å²) in [7, 11) is 3.78. The van der Waals surface area contributed by atoms with Crippen LogP contribution >= 0.6 is 0 Å². The summed E-state index contributed by atoms with van der Waals surface area (Å²) < 4.78 is 7.30. The molecule has 3 heterocycles. The number of aryl methyl sites for hydroxylation is 1. The normalized spacial score (nSPS) is 26.3. The van der Waals surface area contributed by atoms with E-state index < -0.39 is 0 Å². The maximum Gasteiger partial charge on any atom is 0.224 e. The molecule has 0 aliphatic carbocycles. The number of likely N-dealkylation sites (tertiary alicyclic amines) is 1. The fraction of sp³-hybridized carbons (Fsp3) is 0.600. The average molecular weight is 290 g/mol. The summed E-state index contributed by atoms with van der Waals surface area (Å²) in [5.41, 5.74) is 2.33. The Morgan fingerprint density at radius 3 is 3.00 bits per heavy atom. The molecule has 6 nitrogen and oxygen atoms in total. The van der Waals surface area contributed by atoms with Crippen LogP contribution in [0.4, 0.5) is 0 Å². The van der Waals surface area contributed by atoms with Gasteiger partial charge in [0.25, 0.3) is 0 Å². The third kappa shape index (κ3) is 2.87. The van der Waals surface area contributed by atoms with Crippen LogP contribution in [0, 0.1) is 0 Å². The molecule has 21 heavy (non-hydrogen) atoms. The summed E-state index contributed by atoms with van der Waals surface area (Å²) in [5.74, 6) is 0.174. The average Bonchev–Trinajstić information content (AvgIpc) is 3.02. The summed E-state index contributed by atoms with van der Waals surface area (Å²) in [6, 6.07) is 2.13. The zero-order valence-electron chi connectivity index (χ0n) is 12.6. The van der Waals surface area contributed by atoms with E-state index in [0.717, 1.165) is 25.3 Å². The molecule has 0 radical (unpaired) electrons. The fourth-order valence-corrected chi connectivity index (χ4v) is 3.13. The number of ether oxygens (including phenoxy) is 1. The van der Waals surface area contributed by atoms with Crippen LogP contribution in [0.1, 0.15) is 24.6 Å². The first-order valence-corrected chi connectivity index (χ1v) is 7.39. The molecule has 1 amide bonds. The van der Waals surface area contributed by atoms with E-state index in [1.807, 2.05) is 29.7 Å². The van der Waals surface area contributed by atoms with E-state index in [-0.39, 0.29) is 18.0 Å². The van der Waals surface area contributed by atoms with Crippen LogP contribution in [-0.2, 0) is 16.6 Å². The zero-order valence-corrected chi connectivity index (χ0v) is 12.6. The van der Waals surface area contributed by atoms with Gasteiger partial charge in [-0.15, -0.1) is 0 Å². The molecule has 6 heteroatoms. The molecule has 0 aromatic carbocycles. The first kappa shape index (κ1) is 14.3. The Balaban J connectivity index is 1.72. The molecule has 0 bridgehead atoms. The molecule has 1 aromatic rings. The second kappa shape index (κ2) is 5.99. The van der Waals surface area contributed by atoms with Crippen LogP contribution in [0.15, 0.2) is 23.9 Å². The number of likely N-dealkylation sites (N-methyl/N-ethyl adjacent to an activating group) is 1. The predicted molar refractivity (Wildman–Crippen MR) is 78.6 cm³/mol. The van der Waals surface area contributed by atoms with Gasteiger partial charge < -0.3 is 15.0 Å². The number of amides is 1. The predicted octanol–water partition coefficient (Wildman–Crippen LogP) is 0.628. The zero-order chi connectivity index (χ0) is 14.8. The third-order valence-corrected chi connectivity index (χ3v) is 4.32.